The van der Waals surface area contributed by atoms with E-state index in [4.69, 9.17) is 5.73 Å². The minimum atomic E-state index is -0.534. The van der Waals surface area contributed by atoms with Crippen LogP contribution >= 0.6 is 0 Å². The summed E-state index contributed by atoms with van der Waals surface area (Å²) in [7, 11) is 1.35. The third-order valence-electron chi connectivity index (χ3n) is 1.33. The number of nitrogens with one attached hydrogen (secondary N) is 1. The molecule has 0 aliphatic heterocycles. The number of unbranched alkanes of at least 4 members (excludes halogenated alkanes) is 1. The Morgan fingerprint density at radius 2 is 2.08 bits per heavy atom. The standard InChI is InChI=1S/C7H14N2O3/c1-12-6(10)4-2-3-5-9-7(8)11/h2-5H2,1H3,(H3,8,9,11). The molecule has 0 atom stereocenters. The zero-order valence-corrected chi connectivity index (χ0v) is 7.13. The molecule has 0 unspecified atom stereocenters. The molecule has 0 saturated heterocycles. The Bertz CT molecular complexity index is 159. The molecule has 0 radical (unpaired) electrons. The monoisotopic (exact) mass is 174 g/mol. The fourth-order valence-corrected chi connectivity index (χ4v) is 0.708. The van der Waals surface area contributed by atoms with E-state index in [1.54, 1.807) is 0 Å². The smallest absolute Gasteiger partial charge is 0.312 e. The van der Waals surface area contributed by atoms with Gasteiger partial charge in [0, 0.05) is 13.0 Å². The van der Waals surface area contributed by atoms with Gasteiger partial charge in [0.2, 0.25) is 0 Å². The summed E-state index contributed by atoms with van der Waals surface area (Å²) in [6.07, 6.45) is 1.82. The summed E-state index contributed by atoms with van der Waals surface area (Å²) in [6.45, 7) is 0.506. The van der Waals surface area contributed by atoms with Crippen LogP contribution in [0.1, 0.15) is 19.3 Å². The van der Waals surface area contributed by atoms with Crippen LogP contribution in [0.15, 0.2) is 0 Å². The van der Waals surface area contributed by atoms with Gasteiger partial charge in [-0.15, -0.1) is 0 Å². The number of hydrogen-bond donors (Lipinski definition) is 2. The Hall–Kier alpha value is -1.26. The Morgan fingerprint density at radius 3 is 2.58 bits per heavy atom. The van der Waals surface area contributed by atoms with E-state index in [1.807, 2.05) is 0 Å². The number of primary amides is 1. The molecule has 5 heteroatoms. The zero-order chi connectivity index (χ0) is 9.40. The van der Waals surface area contributed by atoms with Gasteiger partial charge in [-0.3, -0.25) is 4.79 Å². The fraction of sp³-hybridized carbons (Fsp3) is 0.714. The molecule has 0 bridgehead atoms. The zero-order valence-electron chi connectivity index (χ0n) is 7.13. The molecule has 70 valence electrons. The molecule has 0 aliphatic carbocycles. The molecule has 3 N–H and O–H groups in total. The van der Waals surface area contributed by atoms with Crippen molar-refractivity contribution in [3.63, 3.8) is 0 Å². The lowest BCUT2D eigenvalue weighted by atomic mass is 10.2. The van der Waals surface area contributed by atoms with Crippen molar-refractivity contribution in [2.45, 2.75) is 19.3 Å². The number of amides is 2. The first kappa shape index (κ1) is 10.7. The first-order chi connectivity index (χ1) is 5.66. The summed E-state index contributed by atoms with van der Waals surface area (Å²) >= 11 is 0. The summed E-state index contributed by atoms with van der Waals surface area (Å²) in [5.74, 6) is -0.228. The van der Waals surface area contributed by atoms with E-state index < -0.39 is 6.03 Å². The van der Waals surface area contributed by atoms with Crippen LogP contribution in [0, 0.1) is 0 Å². The summed E-state index contributed by atoms with van der Waals surface area (Å²) in [5, 5.41) is 2.42. The third-order valence-corrected chi connectivity index (χ3v) is 1.33. The van der Waals surface area contributed by atoms with E-state index in [0.717, 1.165) is 6.42 Å². The van der Waals surface area contributed by atoms with E-state index in [9.17, 15) is 9.59 Å². The van der Waals surface area contributed by atoms with E-state index in [1.165, 1.54) is 7.11 Å². The highest BCUT2D eigenvalue weighted by Gasteiger charge is 1.98. The van der Waals surface area contributed by atoms with E-state index in [2.05, 4.69) is 10.1 Å². The third kappa shape index (κ3) is 6.85. The lowest BCUT2D eigenvalue weighted by Gasteiger charge is -2.00. The lowest BCUT2D eigenvalue weighted by Crippen LogP contribution is -2.30. The van der Waals surface area contributed by atoms with Gasteiger partial charge >= 0.3 is 12.0 Å². The van der Waals surface area contributed by atoms with Crippen molar-refractivity contribution in [2.75, 3.05) is 13.7 Å². The Balaban J connectivity index is 3.11. The molecule has 0 spiro atoms. The first-order valence-electron chi connectivity index (χ1n) is 3.77. The van der Waals surface area contributed by atoms with Crippen LogP contribution in [-0.4, -0.2) is 25.7 Å². The predicted molar refractivity (Wildman–Crippen MR) is 43.5 cm³/mol. The number of urea groups is 1. The van der Waals surface area contributed by atoms with Crippen molar-refractivity contribution in [1.29, 1.82) is 0 Å². The summed E-state index contributed by atoms with van der Waals surface area (Å²) in [6, 6.07) is -0.534. The largest absolute Gasteiger partial charge is 0.469 e. The maximum absolute atomic E-state index is 10.6. The Morgan fingerprint density at radius 1 is 1.42 bits per heavy atom. The second kappa shape index (κ2) is 6.45. The Labute approximate surface area is 71.3 Å². The van der Waals surface area contributed by atoms with Gasteiger partial charge in [-0.1, -0.05) is 0 Å². The molecule has 0 aliphatic rings. The molecule has 0 heterocycles. The van der Waals surface area contributed by atoms with Crippen LogP contribution in [0.25, 0.3) is 0 Å². The second-order valence-corrected chi connectivity index (χ2v) is 2.32. The van der Waals surface area contributed by atoms with E-state index >= 15 is 0 Å². The number of rotatable bonds is 5. The van der Waals surface area contributed by atoms with Crippen LogP contribution in [0.3, 0.4) is 0 Å². The van der Waals surface area contributed by atoms with Crippen molar-refractivity contribution in [1.82, 2.24) is 5.32 Å². The quantitative estimate of drug-likeness (QED) is 0.454. The summed E-state index contributed by atoms with van der Waals surface area (Å²) in [5.41, 5.74) is 4.82. The number of carbonyl (C=O) groups is 2. The Kier molecular flexibility index (Phi) is 5.77. The highest BCUT2D eigenvalue weighted by molar-refractivity contribution is 5.71. The maximum Gasteiger partial charge on any atom is 0.312 e. The van der Waals surface area contributed by atoms with Gasteiger partial charge in [-0.25, -0.2) is 4.79 Å². The molecule has 0 rings (SSSR count). The predicted octanol–water partition coefficient (Wildman–Crippen LogP) is -0.00200. The van der Waals surface area contributed by atoms with Crippen LogP contribution in [0.2, 0.25) is 0 Å². The number of methoxy groups -OCH3 is 1. The number of carbonyl (C=O) groups excluding carboxylic acids is 2. The SMILES string of the molecule is COC(=O)CCCCNC(N)=O. The van der Waals surface area contributed by atoms with Crippen molar-refractivity contribution >= 4 is 12.0 Å². The number of ether oxygens (including phenoxy) is 1. The van der Waals surface area contributed by atoms with Gasteiger partial charge in [0.25, 0.3) is 0 Å². The molecular weight excluding hydrogens is 160 g/mol. The summed E-state index contributed by atoms with van der Waals surface area (Å²) < 4.78 is 4.43. The average molecular weight is 174 g/mol. The van der Waals surface area contributed by atoms with Gasteiger partial charge in [-0.05, 0) is 12.8 Å². The number of hydrogen-bond acceptors (Lipinski definition) is 3. The molecule has 0 aromatic rings. The fourth-order valence-electron chi connectivity index (χ4n) is 0.708. The van der Waals surface area contributed by atoms with Gasteiger partial charge in [0.15, 0.2) is 0 Å². The van der Waals surface area contributed by atoms with Crippen LogP contribution in [0.5, 0.6) is 0 Å². The minimum absolute atomic E-state index is 0.228. The van der Waals surface area contributed by atoms with E-state index in [0.29, 0.717) is 19.4 Å². The second-order valence-electron chi connectivity index (χ2n) is 2.32. The van der Waals surface area contributed by atoms with E-state index in [-0.39, 0.29) is 5.97 Å². The lowest BCUT2D eigenvalue weighted by molar-refractivity contribution is -0.140. The van der Waals surface area contributed by atoms with Gasteiger partial charge in [-0.2, -0.15) is 0 Å². The highest BCUT2D eigenvalue weighted by atomic mass is 16.5. The molecule has 0 fully saturated rings. The molecule has 0 aromatic heterocycles. The minimum Gasteiger partial charge on any atom is -0.469 e. The molecule has 0 aromatic carbocycles. The average Bonchev–Trinajstić information content (AvgIpc) is 2.03. The molecular formula is C7H14N2O3. The normalized spacial score (nSPS) is 9.08. The first-order valence-corrected chi connectivity index (χ1v) is 3.77. The van der Waals surface area contributed by atoms with Crippen LogP contribution < -0.4 is 11.1 Å². The highest BCUT2D eigenvalue weighted by Crippen LogP contribution is 1.95. The molecule has 5 nitrogen and oxygen atoms in total. The van der Waals surface area contributed by atoms with Crippen molar-refractivity contribution in [2.24, 2.45) is 5.73 Å². The van der Waals surface area contributed by atoms with Crippen LogP contribution in [-0.2, 0) is 9.53 Å². The van der Waals surface area contributed by atoms with Crippen molar-refractivity contribution in [3.8, 4) is 0 Å². The van der Waals surface area contributed by atoms with Gasteiger partial charge in [0.1, 0.15) is 0 Å². The maximum atomic E-state index is 10.6. The molecule has 12 heavy (non-hydrogen) atoms. The number of nitrogens with two attached hydrogens (primary N) is 1. The van der Waals surface area contributed by atoms with Gasteiger partial charge < -0.3 is 15.8 Å². The van der Waals surface area contributed by atoms with Crippen molar-refractivity contribution < 1.29 is 14.3 Å². The van der Waals surface area contributed by atoms with Crippen LogP contribution in [0.4, 0.5) is 4.79 Å². The molecule has 2 amide bonds. The summed E-state index contributed by atoms with van der Waals surface area (Å²) in [4.78, 5) is 20.7. The topological polar surface area (TPSA) is 81.4 Å². The van der Waals surface area contributed by atoms with Gasteiger partial charge in [0.05, 0.1) is 7.11 Å². The molecule has 0 saturated carbocycles. The van der Waals surface area contributed by atoms with Crippen molar-refractivity contribution in [3.05, 3.63) is 0 Å². The number of esters is 1.